The van der Waals surface area contributed by atoms with Crippen molar-refractivity contribution in [3.05, 3.63) is 65.7 Å². The summed E-state index contributed by atoms with van der Waals surface area (Å²) in [5, 5.41) is 5.23. The summed E-state index contributed by atoms with van der Waals surface area (Å²) in [5.41, 5.74) is 0.572. The molecule has 2 aromatic rings. The van der Waals surface area contributed by atoms with Crippen molar-refractivity contribution in [2.24, 2.45) is 5.92 Å². The third kappa shape index (κ3) is 4.86. The number of rotatable bonds is 6. The first-order valence-corrected chi connectivity index (χ1v) is 8.04. The Kier molecular flexibility index (Phi) is 6.22. The van der Waals surface area contributed by atoms with Crippen molar-refractivity contribution in [2.45, 2.75) is 26.3 Å². The molecule has 0 aromatic heterocycles. The van der Waals surface area contributed by atoms with Crippen LogP contribution in [0.5, 0.6) is 0 Å². The first-order valence-electron chi connectivity index (χ1n) is 8.04. The second-order valence-electron chi connectivity index (χ2n) is 5.82. The van der Waals surface area contributed by atoms with Gasteiger partial charge < -0.3 is 10.6 Å². The molecule has 2 N–H and O–H groups in total. The summed E-state index contributed by atoms with van der Waals surface area (Å²) in [6, 6.07) is 10.9. The molecule has 0 spiro atoms. The van der Waals surface area contributed by atoms with Gasteiger partial charge in [0.1, 0.15) is 6.04 Å². The highest BCUT2D eigenvalue weighted by atomic mass is 19.2. The lowest BCUT2D eigenvalue weighted by Gasteiger charge is -2.23. The SMILES string of the molecule is CCC(C)C(NC(=O)c1ccccc1)C(=O)Nc1ccc(F)c(F)c1. The van der Waals surface area contributed by atoms with E-state index in [0.29, 0.717) is 12.0 Å². The van der Waals surface area contributed by atoms with Gasteiger partial charge in [-0.15, -0.1) is 0 Å². The molecule has 4 nitrogen and oxygen atoms in total. The van der Waals surface area contributed by atoms with Gasteiger partial charge in [-0.2, -0.15) is 0 Å². The molecule has 2 unspecified atom stereocenters. The Balaban J connectivity index is 2.14. The van der Waals surface area contributed by atoms with Crippen molar-refractivity contribution in [1.82, 2.24) is 5.32 Å². The number of amides is 2. The second kappa shape index (κ2) is 8.37. The van der Waals surface area contributed by atoms with Crippen LogP contribution in [0.3, 0.4) is 0 Å². The highest BCUT2D eigenvalue weighted by Gasteiger charge is 2.26. The summed E-state index contributed by atoms with van der Waals surface area (Å²) >= 11 is 0. The van der Waals surface area contributed by atoms with E-state index in [9.17, 15) is 18.4 Å². The number of anilines is 1. The van der Waals surface area contributed by atoms with Gasteiger partial charge >= 0.3 is 0 Å². The number of carbonyl (C=O) groups is 2. The van der Waals surface area contributed by atoms with Gasteiger partial charge in [0.05, 0.1) is 0 Å². The number of nitrogens with one attached hydrogen (secondary N) is 2. The number of carbonyl (C=O) groups excluding carboxylic acids is 2. The average molecular weight is 346 g/mol. The lowest BCUT2D eigenvalue weighted by Crippen LogP contribution is -2.47. The van der Waals surface area contributed by atoms with Gasteiger partial charge in [-0.1, -0.05) is 38.5 Å². The predicted molar refractivity (Wildman–Crippen MR) is 92.1 cm³/mol. The maximum absolute atomic E-state index is 13.3. The van der Waals surface area contributed by atoms with Crippen LogP contribution in [-0.2, 0) is 4.79 Å². The molecule has 2 atom stereocenters. The normalized spacial score (nSPS) is 13.0. The van der Waals surface area contributed by atoms with Gasteiger partial charge in [-0.3, -0.25) is 9.59 Å². The van der Waals surface area contributed by atoms with Gasteiger partial charge in [-0.05, 0) is 30.2 Å². The van der Waals surface area contributed by atoms with E-state index in [1.54, 1.807) is 30.3 Å². The summed E-state index contributed by atoms with van der Waals surface area (Å²) < 4.78 is 26.3. The summed E-state index contributed by atoms with van der Waals surface area (Å²) in [7, 11) is 0. The van der Waals surface area contributed by atoms with E-state index in [1.165, 1.54) is 6.07 Å². The Bertz CT molecular complexity index is 750. The van der Waals surface area contributed by atoms with Crippen LogP contribution in [0.2, 0.25) is 0 Å². The van der Waals surface area contributed by atoms with Crippen molar-refractivity contribution >= 4 is 17.5 Å². The molecule has 0 aliphatic heterocycles. The average Bonchev–Trinajstić information content (AvgIpc) is 2.62. The minimum Gasteiger partial charge on any atom is -0.340 e. The van der Waals surface area contributed by atoms with Crippen molar-refractivity contribution < 1.29 is 18.4 Å². The molecule has 132 valence electrons. The monoisotopic (exact) mass is 346 g/mol. The zero-order valence-electron chi connectivity index (χ0n) is 14.1. The summed E-state index contributed by atoms with van der Waals surface area (Å²) in [6.45, 7) is 3.73. The third-order valence-corrected chi connectivity index (χ3v) is 4.01. The van der Waals surface area contributed by atoms with Crippen LogP contribution in [0.4, 0.5) is 14.5 Å². The first-order chi connectivity index (χ1) is 11.9. The summed E-state index contributed by atoms with van der Waals surface area (Å²) in [5.74, 6) is -3.03. The highest BCUT2D eigenvalue weighted by molar-refractivity contribution is 6.01. The Morgan fingerprint density at radius 3 is 2.32 bits per heavy atom. The molecule has 0 heterocycles. The predicted octanol–water partition coefficient (Wildman–Crippen LogP) is 3.75. The van der Waals surface area contributed by atoms with Crippen LogP contribution in [0, 0.1) is 17.6 Å². The van der Waals surface area contributed by atoms with Gasteiger partial charge in [0.25, 0.3) is 5.91 Å². The Labute approximate surface area is 145 Å². The lowest BCUT2D eigenvalue weighted by atomic mass is 9.97. The van der Waals surface area contributed by atoms with E-state index < -0.39 is 23.6 Å². The van der Waals surface area contributed by atoms with E-state index in [4.69, 9.17) is 0 Å². The fourth-order valence-electron chi connectivity index (χ4n) is 2.31. The first kappa shape index (κ1) is 18.6. The minimum atomic E-state index is -1.05. The largest absolute Gasteiger partial charge is 0.340 e. The molecule has 0 saturated heterocycles. The van der Waals surface area contributed by atoms with Crippen LogP contribution in [0.1, 0.15) is 30.6 Å². The Hall–Kier alpha value is -2.76. The molecular formula is C19H20F2N2O2. The maximum Gasteiger partial charge on any atom is 0.251 e. The quantitative estimate of drug-likeness (QED) is 0.837. The Morgan fingerprint density at radius 1 is 1.04 bits per heavy atom. The molecule has 0 aliphatic carbocycles. The molecule has 0 radical (unpaired) electrons. The standard InChI is InChI=1S/C19H20F2N2O2/c1-3-12(2)17(23-18(24)13-7-5-4-6-8-13)19(25)22-14-9-10-15(20)16(21)11-14/h4-12,17H,3H2,1-2H3,(H,22,25)(H,23,24). The van der Waals surface area contributed by atoms with Crippen LogP contribution in [0.25, 0.3) is 0 Å². The van der Waals surface area contributed by atoms with E-state index in [2.05, 4.69) is 10.6 Å². The van der Waals surface area contributed by atoms with Crippen LogP contribution < -0.4 is 10.6 Å². The van der Waals surface area contributed by atoms with Gasteiger partial charge in [0.15, 0.2) is 11.6 Å². The molecule has 2 aromatic carbocycles. The molecule has 0 bridgehead atoms. The summed E-state index contributed by atoms with van der Waals surface area (Å²) in [4.78, 5) is 24.9. The second-order valence-corrected chi connectivity index (χ2v) is 5.82. The lowest BCUT2D eigenvalue weighted by molar-refractivity contribution is -0.119. The number of halogens is 2. The number of hydrogen-bond acceptors (Lipinski definition) is 2. The molecular weight excluding hydrogens is 326 g/mol. The molecule has 0 fully saturated rings. The van der Waals surface area contributed by atoms with Gasteiger partial charge in [-0.25, -0.2) is 8.78 Å². The van der Waals surface area contributed by atoms with Crippen molar-refractivity contribution in [3.8, 4) is 0 Å². The Morgan fingerprint density at radius 2 is 1.72 bits per heavy atom. The van der Waals surface area contributed by atoms with Gasteiger partial charge in [0.2, 0.25) is 5.91 Å². The fraction of sp³-hybridized carbons (Fsp3) is 0.263. The smallest absolute Gasteiger partial charge is 0.251 e. The van der Waals surface area contributed by atoms with Gasteiger partial charge in [0, 0.05) is 17.3 Å². The highest BCUT2D eigenvalue weighted by Crippen LogP contribution is 2.16. The third-order valence-electron chi connectivity index (χ3n) is 4.01. The molecule has 2 rings (SSSR count). The van der Waals surface area contributed by atoms with Crippen LogP contribution in [-0.4, -0.2) is 17.9 Å². The topological polar surface area (TPSA) is 58.2 Å². The summed E-state index contributed by atoms with van der Waals surface area (Å²) in [6.07, 6.45) is 0.658. The molecule has 0 saturated carbocycles. The van der Waals surface area contributed by atoms with E-state index >= 15 is 0 Å². The van der Waals surface area contributed by atoms with Crippen LogP contribution in [0.15, 0.2) is 48.5 Å². The van der Waals surface area contributed by atoms with Crippen molar-refractivity contribution in [3.63, 3.8) is 0 Å². The van der Waals surface area contributed by atoms with E-state index in [1.807, 2.05) is 13.8 Å². The maximum atomic E-state index is 13.3. The molecule has 2 amide bonds. The zero-order valence-corrected chi connectivity index (χ0v) is 14.1. The molecule has 25 heavy (non-hydrogen) atoms. The van der Waals surface area contributed by atoms with Crippen molar-refractivity contribution in [1.29, 1.82) is 0 Å². The zero-order chi connectivity index (χ0) is 18.4. The van der Waals surface area contributed by atoms with E-state index in [-0.39, 0.29) is 17.5 Å². The van der Waals surface area contributed by atoms with E-state index in [0.717, 1.165) is 12.1 Å². The minimum absolute atomic E-state index is 0.131. The molecule has 0 aliphatic rings. The fourth-order valence-corrected chi connectivity index (χ4v) is 2.31. The molecule has 6 heteroatoms. The van der Waals surface area contributed by atoms with Crippen LogP contribution >= 0.6 is 0 Å². The number of benzene rings is 2. The van der Waals surface area contributed by atoms with Crippen molar-refractivity contribution in [2.75, 3.05) is 5.32 Å². The number of hydrogen-bond donors (Lipinski definition) is 2.